The number of nitriles is 1. The number of esters is 1. The van der Waals surface area contributed by atoms with Crippen LogP contribution in [0.15, 0.2) is 30.3 Å². The minimum absolute atomic E-state index is 0.194. The van der Waals surface area contributed by atoms with Crippen LogP contribution >= 0.6 is 11.3 Å². The number of amides is 1. The number of anilines is 1. The van der Waals surface area contributed by atoms with E-state index in [-0.39, 0.29) is 17.9 Å². The summed E-state index contributed by atoms with van der Waals surface area (Å²) >= 11 is 1.08. The molecule has 2 rings (SSSR count). The van der Waals surface area contributed by atoms with Crippen LogP contribution in [-0.2, 0) is 9.53 Å². The van der Waals surface area contributed by atoms with Crippen molar-refractivity contribution < 1.29 is 14.3 Å². The molecule has 0 aliphatic carbocycles. The van der Waals surface area contributed by atoms with Crippen LogP contribution < -0.4 is 5.32 Å². The molecule has 1 aromatic heterocycles. The Morgan fingerprint density at radius 2 is 1.92 bits per heavy atom. The van der Waals surface area contributed by atoms with Gasteiger partial charge in [-0.3, -0.25) is 4.79 Å². The molecule has 0 aliphatic heterocycles. The SMILES string of the molecule is CC[C@H](C(=O)Nc1sc(C(=O)OC(C)C)c(C)c1C#N)c1ccccc1. The molecule has 0 unspecified atom stereocenters. The van der Waals surface area contributed by atoms with Crippen molar-refractivity contribution >= 4 is 28.2 Å². The fourth-order valence-electron chi connectivity index (χ4n) is 2.66. The van der Waals surface area contributed by atoms with E-state index in [1.807, 2.05) is 37.3 Å². The Hall–Kier alpha value is -2.65. The normalized spacial score (nSPS) is 11.7. The molecule has 1 amide bonds. The number of thiophene rings is 1. The molecule has 0 saturated carbocycles. The average Bonchev–Trinajstić information content (AvgIpc) is 2.91. The molecule has 1 heterocycles. The van der Waals surface area contributed by atoms with Crippen LogP contribution in [0.3, 0.4) is 0 Å². The van der Waals surface area contributed by atoms with E-state index in [9.17, 15) is 14.9 Å². The lowest BCUT2D eigenvalue weighted by Crippen LogP contribution is -2.20. The van der Waals surface area contributed by atoms with Gasteiger partial charge in [-0.2, -0.15) is 5.26 Å². The van der Waals surface area contributed by atoms with Crippen molar-refractivity contribution in [3.05, 3.63) is 51.9 Å². The summed E-state index contributed by atoms with van der Waals surface area (Å²) in [4.78, 5) is 25.3. The van der Waals surface area contributed by atoms with Gasteiger partial charge in [0.05, 0.1) is 17.6 Å². The first kappa shape index (κ1) is 19.7. The minimum Gasteiger partial charge on any atom is -0.459 e. The maximum Gasteiger partial charge on any atom is 0.348 e. The zero-order valence-corrected chi connectivity index (χ0v) is 16.1. The van der Waals surface area contributed by atoms with Crippen LogP contribution in [0, 0.1) is 18.3 Å². The van der Waals surface area contributed by atoms with E-state index in [0.717, 1.165) is 16.9 Å². The summed E-state index contributed by atoms with van der Waals surface area (Å²) in [5.74, 6) is -0.994. The van der Waals surface area contributed by atoms with E-state index in [2.05, 4.69) is 11.4 Å². The van der Waals surface area contributed by atoms with Crippen molar-refractivity contribution in [3.8, 4) is 6.07 Å². The molecule has 136 valence electrons. The molecular formula is C20H22N2O3S. The van der Waals surface area contributed by atoms with E-state index in [1.165, 1.54) is 0 Å². The molecule has 5 nitrogen and oxygen atoms in total. The summed E-state index contributed by atoms with van der Waals surface area (Å²) in [6.45, 7) is 7.16. The van der Waals surface area contributed by atoms with Crippen LogP contribution in [-0.4, -0.2) is 18.0 Å². The molecule has 0 bridgehead atoms. The minimum atomic E-state index is -0.477. The van der Waals surface area contributed by atoms with Crippen molar-refractivity contribution in [2.24, 2.45) is 0 Å². The summed E-state index contributed by atoms with van der Waals surface area (Å²) in [7, 11) is 0. The molecule has 1 atom stereocenters. The monoisotopic (exact) mass is 370 g/mol. The highest BCUT2D eigenvalue weighted by atomic mass is 32.1. The lowest BCUT2D eigenvalue weighted by Gasteiger charge is -2.14. The van der Waals surface area contributed by atoms with Crippen LogP contribution in [0.5, 0.6) is 0 Å². The van der Waals surface area contributed by atoms with Gasteiger partial charge in [0.25, 0.3) is 0 Å². The standard InChI is InChI=1S/C20H22N2O3S/c1-5-15(14-9-7-6-8-10-14)18(23)22-19-16(11-21)13(4)17(26-19)20(24)25-12(2)3/h6-10,12,15H,5H2,1-4H3,(H,22,23)/t15-/m0/s1. The Bertz CT molecular complexity index is 835. The van der Waals surface area contributed by atoms with Gasteiger partial charge < -0.3 is 10.1 Å². The predicted molar refractivity (Wildman–Crippen MR) is 102 cm³/mol. The van der Waals surface area contributed by atoms with E-state index >= 15 is 0 Å². The third-order valence-corrected chi connectivity index (χ3v) is 5.14. The molecule has 0 spiro atoms. The number of hydrogen-bond donors (Lipinski definition) is 1. The fraction of sp³-hybridized carbons (Fsp3) is 0.350. The van der Waals surface area contributed by atoms with E-state index < -0.39 is 5.97 Å². The van der Waals surface area contributed by atoms with Gasteiger partial charge in [-0.15, -0.1) is 11.3 Å². The Balaban J connectivity index is 2.30. The van der Waals surface area contributed by atoms with Crippen LogP contribution in [0.2, 0.25) is 0 Å². The molecule has 0 fully saturated rings. The number of hydrogen-bond acceptors (Lipinski definition) is 5. The third kappa shape index (κ3) is 4.30. The van der Waals surface area contributed by atoms with Crippen molar-refractivity contribution in [1.82, 2.24) is 0 Å². The second-order valence-corrected chi connectivity index (χ2v) is 7.21. The molecule has 0 radical (unpaired) electrons. The van der Waals surface area contributed by atoms with Gasteiger partial charge in [0, 0.05) is 0 Å². The second-order valence-electron chi connectivity index (χ2n) is 6.19. The first-order chi connectivity index (χ1) is 12.4. The van der Waals surface area contributed by atoms with Crippen molar-refractivity contribution in [1.29, 1.82) is 5.26 Å². The summed E-state index contributed by atoms with van der Waals surface area (Å²) in [6, 6.07) is 11.6. The van der Waals surface area contributed by atoms with Gasteiger partial charge in [-0.1, -0.05) is 37.3 Å². The number of benzene rings is 1. The average molecular weight is 370 g/mol. The van der Waals surface area contributed by atoms with E-state index in [0.29, 0.717) is 27.4 Å². The van der Waals surface area contributed by atoms with E-state index in [4.69, 9.17) is 4.74 Å². The quantitative estimate of drug-likeness (QED) is 0.752. The number of ether oxygens (including phenoxy) is 1. The fourth-order valence-corrected chi connectivity index (χ4v) is 3.70. The molecule has 0 aliphatic rings. The molecule has 1 aromatic carbocycles. The first-order valence-electron chi connectivity index (χ1n) is 8.49. The van der Waals surface area contributed by atoms with Gasteiger partial charge in [-0.25, -0.2) is 4.79 Å². The van der Waals surface area contributed by atoms with Crippen LogP contribution in [0.25, 0.3) is 0 Å². The summed E-state index contributed by atoms with van der Waals surface area (Å²) in [5.41, 5.74) is 1.76. The summed E-state index contributed by atoms with van der Waals surface area (Å²) < 4.78 is 5.22. The van der Waals surface area contributed by atoms with Crippen LogP contribution in [0.1, 0.15) is 59.5 Å². The molecule has 26 heavy (non-hydrogen) atoms. The second kappa shape index (κ2) is 8.63. The summed E-state index contributed by atoms with van der Waals surface area (Å²) in [6.07, 6.45) is 0.375. The summed E-state index contributed by atoms with van der Waals surface area (Å²) in [5, 5.41) is 12.7. The zero-order chi connectivity index (χ0) is 19.3. The maximum atomic E-state index is 12.8. The highest BCUT2D eigenvalue weighted by molar-refractivity contribution is 7.18. The van der Waals surface area contributed by atoms with Gasteiger partial charge in [0.2, 0.25) is 5.91 Å². The Morgan fingerprint density at radius 1 is 1.27 bits per heavy atom. The number of carbonyl (C=O) groups is 2. The molecule has 6 heteroatoms. The molecule has 2 aromatic rings. The first-order valence-corrected chi connectivity index (χ1v) is 9.30. The third-order valence-electron chi connectivity index (χ3n) is 3.95. The Labute approximate surface area is 157 Å². The zero-order valence-electron chi connectivity index (χ0n) is 15.3. The predicted octanol–water partition coefficient (Wildman–Crippen LogP) is 4.63. The Kier molecular flexibility index (Phi) is 6.53. The largest absolute Gasteiger partial charge is 0.459 e. The van der Waals surface area contributed by atoms with Crippen molar-refractivity contribution in [2.75, 3.05) is 5.32 Å². The van der Waals surface area contributed by atoms with Gasteiger partial charge >= 0.3 is 5.97 Å². The molecular weight excluding hydrogens is 348 g/mol. The maximum absolute atomic E-state index is 12.8. The van der Waals surface area contributed by atoms with E-state index in [1.54, 1.807) is 20.8 Å². The van der Waals surface area contributed by atoms with Crippen molar-refractivity contribution in [2.45, 2.75) is 46.1 Å². The highest BCUT2D eigenvalue weighted by Gasteiger charge is 2.25. The van der Waals surface area contributed by atoms with Gasteiger partial charge in [0.15, 0.2) is 0 Å². The number of rotatable bonds is 6. The smallest absolute Gasteiger partial charge is 0.348 e. The Morgan fingerprint density at radius 3 is 2.46 bits per heavy atom. The number of nitrogens with one attached hydrogen (secondary N) is 1. The van der Waals surface area contributed by atoms with Gasteiger partial charge in [0.1, 0.15) is 15.9 Å². The van der Waals surface area contributed by atoms with Gasteiger partial charge in [-0.05, 0) is 38.3 Å². The van der Waals surface area contributed by atoms with Crippen molar-refractivity contribution in [3.63, 3.8) is 0 Å². The lowest BCUT2D eigenvalue weighted by molar-refractivity contribution is -0.117. The topological polar surface area (TPSA) is 79.2 Å². The molecule has 1 N–H and O–H groups in total. The van der Waals surface area contributed by atoms with Crippen LogP contribution in [0.4, 0.5) is 5.00 Å². The number of carbonyl (C=O) groups excluding carboxylic acids is 2. The number of nitrogens with zero attached hydrogens (tertiary/aromatic N) is 1. The highest BCUT2D eigenvalue weighted by Crippen LogP contribution is 2.34. The molecule has 0 saturated heterocycles. The lowest BCUT2D eigenvalue weighted by atomic mass is 9.96.